The van der Waals surface area contributed by atoms with Gasteiger partial charge in [-0.05, 0) is 5.41 Å². The van der Waals surface area contributed by atoms with Crippen molar-refractivity contribution in [2.75, 3.05) is 0 Å². The van der Waals surface area contributed by atoms with Gasteiger partial charge in [0.1, 0.15) is 0 Å². The molecule has 0 heterocycles. The number of amides is 1. The van der Waals surface area contributed by atoms with E-state index in [0.717, 1.165) is 0 Å². The summed E-state index contributed by atoms with van der Waals surface area (Å²) in [5.41, 5.74) is 0. The Bertz CT molecular complexity index is 101. The van der Waals surface area contributed by atoms with E-state index < -0.39 is 0 Å². The molecule has 1 N–H and O–H groups in total. The molecule has 0 unspecified atom stereocenters. The summed E-state index contributed by atoms with van der Waals surface area (Å²) in [6.45, 7) is 1.79. The molecule has 2 nitrogen and oxygen atoms in total. The Labute approximate surface area is 54.4 Å². The lowest BCUT2D eigenvalue weighted by Crippen LogP contribution is -2.14. The molecule has 0 saturated heterocycles. The summed E-state index contributed by atoms with van der Waals surface area (Å²) in [6, 6.07) is 0. The second-order valence-electron chi connectivity index (χ2n) is 1.24. The van der Waals surface area contributed by atoms with Crippen molar-refractivity contribution in [3.8, 4) is 0 Å². The van der Waals surface area contributed by atoms with Crippen LogP contribution < -0.4 is 5.32 Å². The fourth-order valence-electron chi connectivity index (χ4n) is 0.232. The first-order chi connectivity index (χ1) is 3.81. The van der Waals surface area contributed by atoms with Crippen LogP contribution in [0.3, 0.4) is 0 Å². The van der Waals surface area contributed by atoms with E-state index in [9.17, 15) is 4.79 Å². The third-order valence-electron chi connectivity index (χ3n) is 0.640. The van der Waals surface area contributed by atoms with E-state index in [1.54, 1.807) is 6.92 Å². The van der Waals surface area contributed by atoms with Crippen molar-refractivity contribution in [3.63, 3.8) is 0 Å². The van der Waals surface area contributed by atoms with Crippen molar-refractivity contribution in [2.24, 2.45) is 0 Å². The minimum atomic E-state index is 0.00954. The van der Waals surface area contributed by atoms with Crippen LogP contribution in [0.2, 0.25) is 0 Å². The number of rotatable bonds is 2. The molecule has 3 heteroatoms. The fraction of sp³-hybridized carbons (Fsp3) is 0.400. The lowest BCUT2D eigenvalue weighted by atomic mass is 10.5. The molecule has 0 aliphatic carbocycles. The summed E-state index contributed by atoms with van der Waals surface area (Å²) in [4.78, 5) is 10.4. The van der Waals surface area contributed by atoms with Gasteiger partial charge in [0.05, 0.1) is 0 Å². The normalized spacial score (nSPS) is 9.75. The maximum absolute atomic E-state index is 10.4. The van der Waals surface area contributed by atoms with Gasteiger partial charge in [0.2, 0.25) is 5.91 Å². The highest BCUT2D eigenvalue weighted by Gasteiger charge is 1.87. The highest BCUT2D eigenvalue weighted by molar-refractivity contribution is 7.83. The van der Waals surface area contributed by atoms with Gasteiger partial charge < -0.3 is 5.32 Å². The Morgan fingerprint density at radius 2 is 2.50 bits per heavy atom. The molecule has 46 valence electrons. The highest BCUT2D eigenvalue weighted by atomic mass is 32.1. The van der Waals surface area contributed by atoms with Crippen LogP contribution in [0.15, 0.2) is 11.6 Å². The molecule has 0 aromatic carbocycles. The smallest absolute Gasteiger partial charge is 0.223 e. The lowest BCUT2D eigenvalue weighted by Gasteiger charge is -1.90. The molecule has 0 aliphatic heterocycles. The molecule has 0 aliphatic rings. The monoisotopic (exact) mass is 131 g/mol. The molecule has 0 aromatic heterocycles. The average Bonchev–Trinajstić information content (AvgIpc) is 1.83. The van der Waals surface area contributed by atoms with Gasteiger partial charge in [-0.3, -0.25) is 4.79 Å². The van der Waals surface area contributed by atoms with Crippen molar-refractivity contribution >= 4 is 18.5 Å². The predicted molar refractivity (Wildman–Crippen MR) is 36.6 cm³/mol. The molecule has 0 fully saturated rings. The van der Waals surface area contributed by atoms with E-state index in [4.69, 9.17) is 0 Å². The van der Waals surface area contributed by atoms with Crippen molar-refractivity contribution in [1.82, 2.24) is 5.32 Å². The summed E-state index contributed by atoms with van der Waals surface area (Å²) >= 11 is 3.74. The van der Waals surface area contributed by atoms with Crippen LogP contribution in [0.1, 0.15) is 13.3 Å². The SMILES string of the molecule is CCC(=O)N/C=C/S. The number of thiol groups is 1. The Kier molecular flexibility index (Phi) is 4.45. The standard InChI is InChI=1S/C5H9NOS/c1-2-5(7)6-3-4-8/h3-4,8H,2H2,1H3,(H,6,7)/b4-3+. The van der Waals surface area contributed by atoms with Gasteiger partial charge >= 0.3 is 0 Å². The third kappa shape index (κ3) is 3.74. The minimum Gasteiger partial charge on any atom is -0.332 e. The molecule has 0 spiro atoms. The van der Waals surface area contributed by atoms with Crippen LogP contribution >= 0.6 is 12.6 Å². The number of hydrogen-bond acceptors (Lipinski definition) is 2. The lowest BCUT2D eigenvalue weighted by molar-refractivity contribution is -0.119. The van der Waals surface area contributed by atoms with E-state index >= 15 is 0 Å². The van der Waals surface area contributed by atoms with E-state index in [1.807, 2.05) is 0 Å². The van der Waals surface area contributed by atoms with Crippen LogP contribution in [0.5, 0.6) is 0 Å². The summed E-state index contributed by atoms with van der Waals surface area (Å²) in [5, 5.41) is 3.97. The van der Waals surface area contributed by atoms with Crippen LogP contribution in [0.25, 0.3) is 0 Å². The first-order valence-corrected chi connectivity index (χ1v) is 2.91. The highest BCUT2D eigenvalue weighted by Crippen LogP contribution is 1.76. The van der Waals surface area contributed by atoms with E-state index in [2.05, 4.69) is 17.9 Å². The summed E-state index contributed by atoms with van der Waals surface area (Å²) < 4.78 is 0. The first-order valence-electron chi connectivity index (χ1n) is 2.39. The second-order valence-corrected chi connectivity index (χ2v) is 1.53. The zero-order chi connectivity index (χ0) is 6.41. The molecule has 8 heavy (non-hydrogen) atoms. The van der Waals surface area contributed by atoms with Gasteiger partial charge in [0.15, 0.2) is 0 Å². The average molecular weight is 131 g/mol. The van der Waals surface area contributed by atoms with E-state index in [1.165, 1.54) is 11.6 Å². The molecule has 0 rings (SSSR count). The Morgan fingerprint density at radius 3 is 2.88 bits per heavy atom. The quantitative estimate of drug-likeness (QED) is 0.536. The van der Waals surface area contributed by atoms with Crippen LogP contribution in [-0.4, -0.2) is 5.91 Å². The maximum Gasteiger partial charge on any atom is 0.223 e. The van der Waals surface area contributed by atoms with Crippen molar-refractivity contribution in [3.05, 3.63) is 11.6 Å². The van der Waals surface area contributed by atoms with Crippen molar-refractivity contribution in [1.29, 1.82) is 0 Å². The van der Waals surface area contributed by atoms with Gasteiger partial charge in [-0.2, -0.15) is 0 Å². The van der Waals surface area contributed by atoms with Crippen LogP contribution in [-0.2, 0) is 4.79 Å². The van der Waals surface area contributed by atoms with Crippen molar-refractivity contribution < 1.29 is 4.79 Å². The van der Waals surface area contributed by atoms with E-state index in [0.29, 0.717) is 6.42 Å². The molecule has 0 aromatic rings. The zero-order valence-corrected chi connectivity index (χ0v) is 5.61. The number of carbonyl (C=O) groups excluding carboxylic acids is 1. The molecular weight excluding hydrogens is 122 g/mol. The number of nitrogens with one attached hydrogen (secondary N) is 1. The maximum atomic E-state index is 10.4. The summed E-state index contributed by atoms with van der Waals surface area (Å²) in [7, 11) is 0. The van der Waals surface area contributed by atoms with Gasteiger partial charge in [-0.1, -0.05) is 6.92 Å². The topological polar surface area (TPSA) is 29.1 Å². The molecule has 0 atom stereocenters. The molecule has 0 saturated carbocycles. The van der Waals surface area contributed by atoms with Gasteiger partial charge in [0.25, 0.3) is 0 Å². The molecule has 0 bridgehead atoms. The fourth-order valence-corrected chi connectivity index (χ4v) is 0.307. The first kappa shape index (κ1) is 7.56. The molecular formula is C5H9NOS. The van der Waals surface area contributed by atoms with Crippen LogP contribution in [0.4, 0.5) is 0 Å². The molecule has 1 amide bonds. The minimum absolute atomic E-state index is 0.00954. The Morgan fingerprint density at radius 1 is 1.88 bits per heavy atom. The second kappa shape index (κ2) is 4.71. The third-order valence-corrected chi connectivity index (χ3v) is 0.789. The van der Waals surface area contributed by atoms with E-state index in [-0.39, 0.29) is 5.91 Å². The zero-order valence-electron chi connectivity index (χ0n) is 4.72. The Hall–Kier alpha value is -0.440. The largest absolute Gasteiger partial charge is 0.332 e. The van der Waals surface area contributed by atoms with Gasteiger partial charge in [-0.15, -0.1) is 12.6 Å². The van der Waals surface area contributed by atoms with Crippen molar-refractivity contribution in [2.45, 2.75) is 13.3 Å². The van der Waals surface area contributed by atoms with Gasteiger partial charge in [0, 0.05) is 12.6 Å². The summed E-state index contributed by atoms with van der Waals surface area (Å²) in [6.07, 6.45) is 2.01. The molecule has 0 radical (unpaired) electrons. The van der Waals surface area contributed by atoms with Crippen LogP contribution in [0, 0.1) is 0 Å². The Balaban J connectivity index is 3.25. The van der Waals surface area contributed by atoms with Gasteiger partial charge in [-0.25, -0.2) is 0 Å². The number of carbonyl (C=O) groups is 1. The predicted octanol–water partition coefficient (Wildman–Crippen LogP) is 0.914. The number of hydrogen-bond donors (Lipinski definition) is 2. The summed E-state index contributed by atoms with van der Waals surface area (Å²) in [5.74, 6) is 0.00954.